The molecule has 19 heavy (non-hydrogen) atoms. The third kappa shape index (κ3) is 14.8. The molecule has 1 aliphatic heterocycles. The van der Waals surface area contributed by atoms with Crippen LogP contribution in [0.3, 0.4) is 0 Å². The maximum atomic E-state index is 9.67. The zero-order valence-corrected chi connectivity index (χ0v) is 11.2. The van der Waals surface area contributed by atoms with Gasteiger partial charge in [0.05, 0.1) is 0 Å². The van der Waals surface area contributed by atoms with E-state index in [1.54, 1.807) is 12.4 Å². The van der Waals surface area contributed by atoms with Crippen LogP contribution < -0.4 is 5.32 Å². The van der Waals surface area contributed by atoms with Crippen LogP contribution in [0.5, 0.6) is 0 Å². The standard InChI is InChI=1S/C7H16N2.C5H5N.CHF3/c1-2-5-9-6-3-8-4-7-9;1-2-4-6-5-3-1;2-1(3)4/h8H,2-7H2,1H3;1-5H;1H. The number of piperazine rings is 1. The van der Waals surface area contributed by atoms with Gasteiger partial charge in [-0.05, 0) is 25.1 Å². The number of aromatic nitrogens is 1. The molecule has 0 unspecified atom stereocenters. The molecule has 0 bridgehead atoms. The predicted molar refractivity (Wildman–Crippen MR) is 70.9 cm³/mol. The van der Waals surface area contributed by atoms with Gasteiger partial charge in [0, 0.05) is 38.6 Å². The second kappa shape index (κ2) is 13.3. The highest BCUT2D eigenvalue weighted by molar-refractivity contribution is 4.88. The van der Waals surface area contributed by atoms with Gasteiger partial charge in [-0.2, -0.15) is 13.2 Å². The summed E-state index contributed by atoms with van der Waals surface area (Å²) in [5.41, 5.74) is 0. The van der Waals surface area contributed by atoms with Crippen molar-refractivity contribution in [3.05, 3.63) is 30.6 Å². The average molecular weight is 277 g/mol. The highest BCUT2D eigenvalue weighted by atomic mass is 19.4. The summed E-state index contributed by atoms with van der Waals surface area (Å²) in [7, 11) is 0. The summed E-state index contributed by atoms with van der Waals surface area (Å²) >= 11 is 0. The third-order valence-electron chi connectivity index (χ3n) is 2.32. The molecule has 0 saturated carbocycles. The van der Waals surface area contributed by atoms with E-state index in [4.69, 9.17) is 0 Å². The lowest BCUT2D eigenvalue weighted by molar-refractivity contribution is 0.00819. The quantitative estimate of drug-likeness (QED) is 0.900. The molecule has 2 heterocycles. The molecule has 6 heteroatoms. The van der Waals surface area contributed by atoms with Crippen LogP contribution in [0.2, 0.25) is 0 Å². The van der Waals surface area contributed by atoms with Crippen LogP contribution in [0.4, 0.5) is 13.2 Å². The topological polar surface area (TPSA) is 28.2 Å². The minimum atomic E-state index is -3.67. The Hall–Kier alpha value is -1.14. The highest BCUT2D eigenvalue weighted by Gasteiger charge is 2.06. The number of nitrogens with zero attached hydrogens (tertiary/aromatic N) is 2. The van der Waals surface area contributed by atoms with Gasteiger partial charge in [0.1, 0.15) is 0 Å². The molecule has 0 aliphatic carbocycles. The first-order valence-corrected chi connectivity index (χ1v) is 6.37. The zero-order valence-electron chi connectivity index (χ0n) is 11.2. The molecule has 1 saturated heterocycles. The first-order valence-electron chi connectivity index (χ1n) is 6.37. The molecule has 0 amide bonds. The molecule has 2 rings (SSSR count). The number of nitrogens with one attached hydrogen (secondary N) is 1. The van der Waals surface area contributed by atoms with Crippen LogP contribution in [-0.2, 0) is 0 Å². The van der Waals surface area contributed by atoms with Crippen molar-refractivity contribution in [2.24, 2.45) is 0 Å². The fourth-order valence-electron chi connectivity index (χ4n) is 1.56. The molecular weight excluding hydrogens is 255 g/mol. The summed E-state index contributed by atoms with van der Waals surface area (Å²) in [6.07, 6.45) is 4.79. The van der Waals surface area contributed by atoms with Crippen LogP contribution in [0.1, 0.15) is 13.3 Å². The van der Waals surface area contributed by atoms with Crippen LogP contribution >= 0.6 is 0 Å². The van der Waals surface area contributed by atoms with E-state index in [1.807, 2.05) is 18.2 Å². The van der Waals surface area contributed by atoms with Gasteiger partial charge in [0.15, 0.2) is 0 Å². The summed E-state index contributed by atoms with van der Waals surface area (Å²) in [4.78, 5) is 6.30. The van der Waals surface area contributed by atoms with E-state index in [2.05, 4.69) is 22.1 Å². The molecule has 1 N–H and O–H groups in total. The summed E-state index contributed by atoms with van der Waals surface area (Å²) in [6.45, 7) is 4.70. The lowest BCUT2D eigenvalue weighted by Crippen LogP contribution is -2.43. The van der Waals surface area contributed by atoms with Crippen LogP contribution in [-0.4, -0.2) is 49.3 Å². The van der Waals surface area contributed by atoms with Gasteiger partial charge in [-0.3, -0.25) is 4.98 Å². The van der Waals surface area contributed by atoms with Crippen molar-refractivity contribution in [2.75, 3.05) is 32.7 Å². The van der Waals surface area contributed by atoms with Crippen molar-refractivity contribution in [2.45, 2.75) is 20.0 Å². The summed E-state index contributed by atoms with van der Waals surface area (Å²) < 4.78 is 29.0. The average Bonchev–Trinajstić information content (AvgIpc) is 2.42. The van der Waals surface area contributed by atoms with Crippen LogP contribution in [0, 0.1) is 0 Å². The fourth-order valence-corrected chi connectivity index (χ4v) is 1.56. The van der Waals surface area contributed by atoms with Gasteiger partial charge in [-0.1, -0.05) is 13.0 Å². The maximum absolute atomic E-state index is 9.67. The molecule has 0 radical (unpaired) electrons. The molecule has 3 nitrogen and oxygen atoms in total. The smallest absolute Gasteiger partial charge is 0.314 e. The Balaban J connectivity index is 0.000000281. The molecule has 0 aromatic carbocycles. The van der Waals surface area contributed by atoms with E-state index < -0.39 is 6.68 Å². The SMILES string of the molecule is CCCN1CCNCC1.FC(F)F.c1ccncc1. The normalized spacial score (nSPS) is 15.0. The Labute approximate surface area is 112 Å². The summed E-state index contributed by atoms with van der Waals surface area (Å²) in [5, 5.41) is 3.33. The first-order chi connectivity index (χ1) is 9.16. The summed E-state index contributed by atoms with van der Waals surface area (Å²) in [6, 6.07) is 5.72. The molecule has 1 aromatic rings. The van der Waals surface area contributed by atoms with Gasteiger partial charge < -0.3 is 10.2 Å². The molecule has 1 fully saturated rings. The molecule has 0 atom stereocenters. The monoisotopic (exact) mass is 277 g/mol. The number of pyridine rings is 1. The van der Waals surface area contributed by atoms with Gasteiger partial charge in [0.25, 0.3) is 0 Å². The minimum Gasteiger partial charge on any atom is -0.314 e. The lowest BCUT2D eigenvalue weighted by Gasteiger charge is -2.26. The Morgan fingerprint density at radius 2 is 1.63 bits per heavy atom. The van der Waals surface area contributed by atoms with Crippen LogP contribution in [0.15, 0.2) is 30.6 Å². The van der Waals surface area contributed by atoms with Crippen LogP contribution in [0.25, 0.3) is 0 Å². The maximum Gasteiger partial charge on any atom is 0.379 e. The minimum absolute atomic E-state index is 1.18. The van der Waals surface area contributed by atoms with E-state index in [-0.39, 0.29) is 0 Å². The van der Waals surface area contributed by atoms with Gasteiger partial charge in [-0.25, -0.2) is 0 Å². The van der Waals surface area contributed by atoms with Crippen molar-refractivity contribution in [3.8, 4) is 0 Å². The van der Waals surface area contributed by atoms with Crippen molar-refractivity contribution >= 4 is 0 Å². The number of hydrogen-bond donors (Lipinski definition) is 1. The fraction of sp³-hybridized carbons (Fsp3) is 0.615. The highest BCUT2D eigenvalue weighted by Crippen LogP contribution is 1.92. The second-order valence-corrected chi connectivity index (χ2v) is 3.86. The predicted octanol–water partition coefficient (Wildman–Crippen LogP) is 2.56. The van der Waals surface area contributed by atoms with Gasteiger partial charge >= 0.3 is 6.68 Å². The van der Waals surface area contributed by atoms with Crippen molar-refractivity contribution in [1.82, 2.24) is 15.2 Å². The zero-order chi connectivity index (χ0) is 14.3. The van der Waals surface area contributed by atoms with E-state index in [9.17, 15) is 13.2 Å². The van der Waals surface area contributed by atoms with Crippen molar-refractivity contribution in [3.63, 3.8) is 0 Å². The Morgan fingerprint density at radius 3 is 1.95 bits per heavy atom. The Morgan fingerprint density at radius 1 is 1.11 bits per heavy atom. The van der Waals surface area contributed by atoms with E-state index in [0.29, 0.717) is 0 Å². The van der Waals surface area contributed by atoms with Crippen molar-refractivity contribution in [1.29, 1.82) is 0 Å². The summed E-state index contributed by atoms with van der Waals surface area (Å²) in [5.74, 6) is 0. The molecule has 1 aliphatic rings. The number of halogens is 3. The van der Waals surface area contributed by atoms with E-state index >= 15 is 0 Å². The number of hydrogen-bond acceptors (Lipinski definition) is 3. The Bertz CT molecular complexity index is 235. The number of rotatable bonds is 2. The molecular formula is C13H22F3N3. The second-order valence-electron chi connectivity index (χ2n) is 3.86. The third-order valence-corrected chi connectivity index (χ3v) is 2.32. The largest absolute Gasteiger partial charge is 0.379 e. The molecule has 1 aromatic heterocycles. The molecule has 110 valence electrons. The Kier molecular flexibility index (Phi) is 12.5. The van der Waals surface area contributed by atoms with E-state index in [0.717, 1.165) is 0 Å². The van der Waals surface area contributed by atoms with Crippen molar-refractivity contribution < 1.29 is 13.2 Å². The lowest BCUT2D eigenvalue weighted by atomic mass is 10.3. The first kappa shape index (κ1) is 17.9. The number of alkyl halides is 3. The van der Waals surface area contributed by atoms with Gasteiger partial charge in [-0.15, -0.1) is 0 Å². The molecule has 0 spiro atoms. The van der Waals surface area contributed by atoms with Gasteiger partial charge in [0.2, 0.25) is 0 Å². The van der Waals surface area contributed by atoms with E-state index in [1.165, 1.54) is 39.1 Å².